The number of sulfonamides is 1. The second-order valence-electron chi connectivity index (χ2n) is 4.04. The Morgan fingerprint density at radius 1 is 1.33 bits per heavy atom. The van der Waals surface area contributed by atoms with Crippen molar-refractivity contribution < 1.29 is 21.6 Å². The number of hydrogen-bond acceptors (Lipinski definition) is 4. The van der Waals surface area contributed by atoms with Crippen molar-refractivity contribution in [3.05, 3.63) is 36.3 Å². The monoisotopic (exact) mass is 320 g/mol. The molecule has 0 fully saturated rings. The zero-order valence-corrected chi connectivity index (χ0v) is 11.6. The summed E-state index contributed by atoms with van der Waals surface area (Å²) in [6.45, 7) is 2.24. The van der Waals surface area contributed by atoms with Gasteiger partial charge in [-0.2, -0.15) is 18.3 Å². The predicted octanol–water partition coefficient (Wildman–Crippen LogP) is 2.12. The molecule has 0 aliphatic heterocycles. The molecule has 6 nitrogen and oxygen atoms in total. The molecule has 0 atom stereocenters. The molecule has 2 heterocycles. The van der Waals surface area contributed by atoms with Crippen LogP contribution in [0.2, 0.25) is 0 Å². The fraction of sp³-hybridized carbons (Fsp3) is 0.273. The number of anilines is 1. The van der Waals surface area contributed by atoms with Crippen molar-refractivity contribution >= 4 is 15.8 Å². The smallest absolute Gasteiger partial charge is 0.272 e. The molecule has 114 valence electrons. The summed E-state index contributed by atoms with van der Waals surface area (Å²) in [5.41, 5.74) is -1.17. The Hall–Kier alpha value is -2.10. The highest BCUT2D eigenvalue weighted by Crippen LogP contribution is 2.28. The van der Waals surface area contributed by atoms with Gasteiger partial charge in [-0.05, 0) is 19.1 Å². The standard InChI is InChI=1S/C11H11F3N4O2S/c1-2-18-7-8(6-15-18)21(19,20)17-10-5-3-4-9(16-10)11(12,13)14/h3-7H,2H2,1H3,(H,16,17). The molecule has 21 heavy (non-hydrogen) atoms. The van der Waals surface area contributed by atoms with E-state index < -0.39 is 27.7 Å². The molecule has 2 aromatic heterocycles. The molecule has 1 N–H and O–H groups in total. The van der Waals surface area contributed by atoms with Gasteiger partial charge in [0.25, 0.3) is 10.0 Å². The Balaban J connectivity index is 2.28. The fourth-order valence-electron chi connectivity index (χ4n) is 1.50. The summed E-state index contributed by atoms with van der Waals surface area (Å²) in [6.07, 6.45) is -2.26. The molecule has 2 aromatic rings. The van der Waals surface area contributed by atoms with Gasteiger partial charge in [0.1, 0.15) is 16.4 Å². The lowest BCUT2D eigenvalue weighted by atomic mass is 10.3. The molecule has 0 aromatic carbocycles. The predicted molar refractivity (Wildman–Crippen MR) is 67.9 cm³/mol. The lowest BCUT2D eigenvalue weighted by molar-refractivity contribution is -0.141. The van der Waals surface area contributed by atoms with E-state index in [9.17, 15) is 21.6 Å². The Morgan fingerprint density at radius 3 is 2.62 bits per heavy atom. The number of aromatic nitrogens is 3. The van der Waals surface area contributed by atoms with Crippen LogP contribution < -0.4 is 4.72 Å². The van der Waals surface area contributed by atoms with Crippen LogP contribution in [-0.4, -0.2) is 23.2 Å². The van der Waals surface area contributed by atoms with Gasteiger partial charge in [-0.25, -0.2) is 13.4 Å². The van der Waals surface area contributed by atoms with Gasteiger partial charge in [-0.1, -0.05) is 6.07 Å². The summed E-state index contributed by atoms with van der Waals surface area (Å²) in [5, 5.41) is 3.80. The van der Waals surface area contributed by atoms with Crippen LogP contribution in [0.5, 0.6) is 0 Å². The Labute approximate surface area is 118 Å². The average Bonchev–Trinajstić information content (AvgIpc) is 2.87. The van der Waals surface area contributed by atoms with Crippen LogP contribution in [0.25, 0.3) is 0 Å². The van der Waals surface area contributed by atoms with Crippen molar-refractivity contribution in [3.8, 4) is 0 Å². The van der Waals surface area contributed by atoms with Gasteiger partial charge >= 0.3 is 6.18 Å². The summed E-state index contributed by atoms with van der Waals surface area (Å²) < 4.78 is 64.9. The van der Waals surface area contributed by atoms with E-state index in [0.29, 0.717) is 6.54 Å². The quantitative estimate of drug-likeness (QED) is 0.936. The first-order valence-corrected chi connectivity index (χ1v) is 7.30. The van der Waals surface area contributed by atoms with Gasteiger partial charge < -0.3 is 0 Å². The molecule has 10 heteroatoms. The van der Waals surface area contributed by atoms with E-state index in [0.717, 1.165) is 24.4 Å². The normalized spacial score (nSPS) is 12.4. The Morgan fingerprint density at radius 2 is 2.05 bits per heavy atom. The summed E-state index contributed by atoms with van der Waals surface area (Å²) in [5.74, 6) is -0.408. The van der Waals surface area contributed by atoms with E-state index >= 15 is 0 Å². The molecular formula is C11H11F3N4O2S. The maximum Gasteiger partial charge on any atom is 0.433 e. The summed E-state index contributed by atoms with van der Waals surface area (Å²) in [6, 6.07) is 2.97. The van der Waals surface area contributed by atoms with E-state index in [4.69, 9.17) is 0 Å². The molecule has 0 spiro atoms. The third-order valence-electron chi connectivity index (χ3n) is 2.52. The van der Waals surface area contributed by atoms with Crippen LogP contribution in [0.15, 0.2) is 35.5 Å². The lowest BCUT2D eigenvalue weighted by Crippen LogP contribution is -2.15. The minimum Gasteiger partial charge on any atom is -0.272 e. The molecule has 0 unspecified atom stereocenters. The van der Waals surface area contributed by atoms with Crippen LogP contribution in [0.4, 0.5) is 19.0 Å². The molecule has 0 amide bonds. The van der Waals surface area contributed by atoms with Gasteiger partial charge in [0.2, 0.25) is 0 Å². The highest BCUT2D eigenvalue weighted by Gasteiger charge is 2.32. The maximum atomic E-state index is 12.5. The van der Waals surface area contributed by atoms with Crippen LogP contribution in [-0.2, 0) is 22.7 Å². The lowest BCUT2D eigenvalue weighted by Gasteiger charge is -2.09. The van der Waals surface area contributed by atoms with Crippen molar-refractivity contribution in [3.63, 3.8) is 0 Å². The summed E-state index contributed by atoms with van der Waals surface area (Å²) in [7, 11) is -4.03. The molecular weight excluding hydrogens is 309 g/mol. The number of aryl methyl sites for hydroxylation is 1. The van der Waals surface area contributed by atoms with E-state index in [1.165, 1.54) is 10.9 Å². The minimum absolute atomic E-state index is 0.149. The van der Waals surface area contributed by atoms with Crippen LogP contribution in [0.1, 0.15) is 12.6 Å². The largest absolute Gasteiger partial charge is 0.433 e. The fourth-order valence-corrected chi connectivity index (χ4v) is 2.46. The highest BCUT2D eigenvalue weighted by molar-refractivity contribution is 7.92. The van der Waals surface area contributed by atoms with Crippen LogP contribution in [0, 0.1) is 0 Å². The first kappa shape index (κ1) is 15.3. The minimum atomic E-state index is -4.64. The Bertz CT molecular complexity index is 740. The number of hydrogen-bond donors (Lipinski definition) is 1. The van der Waals surface area contributed by atoms with E-state index in [-0.39, 0.29) is 4.90 Å². The van der Waals surface area contributed by atoms with E-state index in [2.05, 4.69) is 10.1 Å². The van der Waals surface area contributed by atoms with Crippen LogP contribution in [0.3, 0.4) is 0 Å². The van der Waals surface area contributed by atoms with E-state index in [1.54, 1.807) is 6.92 Å². The van der Waals surface area contributed by atoms with Crippen molar-refractivity contribution in [2.24, 2.45) is 0 Å². The second kappa shape index (κ2) is 5.35. The van der Waals surface area contributed by atoms with Gasteiger partial charge in [0, 0.05) is 12.7 Å². The van der Waals surface area contributed by atoms with Gasteiger partial charge in [0.05, 0.1) is 6.20 Å². The molecule has 0 aliphatic carbocycles. The summed E-state index contributed by atoms with van der Waals surface area (Å²) >= 11 is 0. The zero-order valence-electron chi connectivity index (χ0n) is 10.8. The van der Waals surface area contributed by atoms with E-state index in [1.807, 2.05) is 4.72 Å². The van der Waals surface area contributed by atoms with Crippen LogP contribution >= 0.6 is 0 Å². The van der Waals surface area contributed by atoms with Crippen molar-refractivity contribution in [1.82, 2.24) is 14.8 Å². The molecule has 0 bridgehead atoms. The number of pyridine rings is 1. The zero-order chi connectivity index (χ0) is 15.7. The molecule has 0 radical (unpaired) electrons. The number of nitrogens with zero attached hydrogens (tertiary/aromatic N) is 3. The first-order valence-electron chi connectivity index (χ1n) is 5.82. The van der Waals surface area contributed by atoms with Gasteiger partial charge in [-0.15, -0.1) is 0 Å². The third kappa shape index (κ3) is 3.51. The number of halogens is 3. The van der Waals surface area contributed by atoms with Crippen molar-refractivity contribution in [1.29, 1.82) is 0 Å². The number of rotatable bonds is 4. The van der Waals surface area contributed by atoms with Gasteiger partial charge in [-0.3, -0.25) is 9.40 Å². The number of alkyl halides is 3. The van der Waals surface area contributed by atoms with Crippen molar-refractivity contribution in [2.75, 3.05) is 4.72 Å². The van der Waals surface area contributed by atoms with Gasteiger partial charge in [0.15, 0.2) is 0 Å². The average molecular weight is 320 g/mol. The topological polar surface area (TPSA) is 76.9 Å². The highest BCUT2D eigenvalue weighted by atomic mass is 32.2. The SMILES string of the molecule is CCn1cc(S(=O)(=O)Nc2cccc(C(F)(F)F)n2)cn1. The first-order chi connectivity index (χ1) is 9.72. The molecule has 2 rings (SSSR count). The third-order valence-corrected chi connectivity index (χ3v) is 3.83. The van der Waals surface area contributed by atoms with Crippen molar-refractivity contribution in [2.45, 2.75) is 24.5 Å². The maximum absolute atomic E-state index is 12.5. The molecule has 0 aliphatic rings. The number of nitrogens with one attached hydrogen (secondary N) is 1. The Kier molecular flexibility index (Phi) is 3.90. The second-order valence-corrected chi connectivity index (χ2v) is 5.73. The molecule has 0 saturated heterocycles. The summed E-state index contributed by atoms with van der Waals surface area (Å²) in [4.78, 5) is 3.09. The molecule has 0 saturated carbocycles.